The molecule has 6 nitrogen and oxygen atoms in total. The van der Waals surface area contributed by atoms with E-state index in [2.05, 4.69) is 16.0 Å². The first-order valence-electron chi connectivity index (χ1n) is 5.72. The number of anilines is 2. The number of rotatable bonds is 4. The molecule has 1 aromatic carbocycles. The monoisotopic (exact) mass is 250 g/mol. The SMILES string of the molecule is CC[C@@H](N)C(=O)Nc1ccc(NC(=O)NC)cc1. The topological polar surface area (TPSA) is 96.2 Å². The molecule has 0 spiro atoms. The molecule has 6 heteroatoms. The van der Waals surface area contributed by atoms with Crippen molar-refractivity contribution in [3.05, 3.63) is 24.3 Å². The lowest BCUT2D eigenvalue weighted by atomic mass is 10.2. The van der Waals surface area contributed by atoms with E-state index in [0.717, 1.165) is 0 Å². The van der Waals surface area contributed by atoms with Crippen LogP contribution in [0.15, 0.2) is 24.3 Å². The molecule has 0 bridgehead atoms. The van der Waals surface area contributed by atoms with E-state index in [4.69, 9.17) is 5.73 Å². The summed E-state index contributed by atoms with van der Waals surface area (Å²) in [7, 11) is 1.54. The largest absolute Gasteiger partial charge is 0.341 e. The highest BCUT2D eigenvalue weighted by Gasteiger charge is 2.10. The van der Waals surface area contributed by atoms with Gasteiger partial charge in [-0.2, -0.15) is 0 Å². The van der Waals surface area contributed by atoms with Crippen LogP contribution in [0.5, 0.6) is 0 Å². The summed E-state index contributed by atoms with van der Waals surface area (Å²) in [5.41, 5.74) is 6.89. The van der Waals surface area contributed by atoms with Gasteiger partial charge in [0.05, 0.1) is 6.04 Å². The third-order valence-electron chi connectivity index (χ3n) is 2.41. The Balaban J connectivity index is 2.60. The molecule has 5 N–H and O–H groups in total. The molecule has 3 amide bonds. The van der Waals surface area contributed by atoms with Crippen molar-refractivity contribution in [3.63, 3.8) is 0 Å². The van der Waals surface area contributed by atoms with E-state index >= 15 is 0 Å². The number of urea groups is 1. The minimum Gasteiger partial charge on any atom is -0.341 e. The second-order valence-electron chi connectivity index (χ2n) is 3.79. The van der Waals surface area contributed by atoms with Gasteiger partial charge in [-0.1, -0.05) is 6.92 Å². The molecular formula is C12H18N4O2. The fourth-order valence-corrected chi connectivity index (χ4v) is 1.25. The zero-order valence-electron chi connectivity index (χ0n) is 10.5. The molecule has 1 atom stereocenters. The van der Waals surface area contributed by atoms with Gasteiger partial charge in [-0.05, 0) is 30.7 Å². The Kier molecular flexibility index (Phi) is 5.13. The Morgan fingerprint density at radius 1 is 1.17 bits per heavy atom. The van der Waals surface area contributed by atoms with Crippen LogP contribution >= 0.6 is 0 Å². The van der Waals surface area contributed by atoms with Gasteiger partial charge < -0.3 is 21.7 Å². The van der Waals surface area contributed by atoms with Crippen LogP contribution in [-0.2, 0) is 4.79 Å². The van der Waals surface area contributed by atoms with E-state index in [1.165, 1.54) is 7.05 Å². The van der Waals surface area contributed by atoms with Crippen LogP contribution in [0, 0.1) is 0 Å². The molecule has 0 unspecified atom stereocenters. The van der Waals surface area contributed by atoms with Crippen molar-refractivity contribution in [2.75, 3.05) is 17.7 Å². The molecule has 0 fully saturated rings. The van der Waals surface area contributed by atoms with E-state index in [-0.39, 0.29) is 11.9 Å². The van der Waals surface area contributed by atoms with Crippen molar-refractivity contribution in [1.29, 1.82) is 0 Å². The summed E-state index contributed by atoms with van der Waals surface area (Å²) < 4.78 is 0. The number of carbonyl (C=O) groups is 2. The van der Waals surface area contributed by atoms with Gasteiger partial charge in [0, 0.05) is 18.4 Å². The fourth-order valence-electron chi connectivity index (χ4n) is 1.25. The van der Waals surface area contributed by atoms with Crippen LogP contribution < -0.4 is 21.7 Å². The Morgan fingerprint density at radius 2 is 1.67 bits per heavy atom. The van der Waals surface area contributed by atoms with Gasteiger partial charge in [-0.25, -0.2) is 4.79 Å². The molecule has 0 aromatic heterocycles. The summed E-state index contributed by atoms with van der Waals surface area (Å²) >= 11 is 0. The van der Waals surface area contributed by atoms with Gasteiger partial charge in [0.25, 0.3) is 0 Å². The molecule has 0 saturated heterocycles. The maximum absolute atomic E-state index is 11.5. The lowest BCUT2D eigenvalue weighted by Gasteiger charge is -2.10. The number of carbonyl (C=O) groups excluding carboxylic acids is 2. The molecule has 1 rings (SSSR count). The Labute approximate surface area is 106 Å². The number of nitrogens with two attached hydrogens (primary N) is 1. The number of benzene rings is 1. The van der Waals surface area contributed by atoms with Crippen LogP contribution in [0.2, 0.25) is 0 Å². The van der Waals surface area contributed by atoms with E-state index in [9.17, 15) is 9.59 Å². The number of hydrogen-bond donors (Lipinski definition) is 4. The average Bonchev–Trinajstić information content (AvgIpc) is 2.39. The van der Waals surface area contributed by atoms with Gasteiger partial charge in [0.1, 0.15) is 0 Å². The summed E-state index contributed by atoms with van der Waals surface area (Å²) in [6.45, 7) is 1.85. The smallest absolute Gasteiger partial charge is 0.318 e. The zero-order valence-corrected chi connectivity index (χ0v) is 10.5. The third kappa shape index (κ3) is 4.06. The van der Waals surface area contributed by atoms with Crippen LogP contribution in [0.3, 0.4) is 0 Å². The quantitative estimate of drug-likeness (QED) is 0.644. The predicted octanol–water partition coefficient (Wildman–Crippen LogP) is 1.11. The highest BCUT2D eigenvalue weighted by atomic mass is 16.2. The van der Waals surface area contributed by atoms with E-state index in [0.29, 0.717) is 17.8 Å². The van der Waals surface area contributed by atoms with Crippen LogP contribution in [0.4, 0.5) is 16.2 Å². The maximum atomic E-state index is 11.5. The van der Waals surface area contributed by atoms with Crippen molar-refractivity contribution in [2.24, 2.45) is 5.73 Å². The number of nitrogens with one attached hydrogen (secondary N) is 3. The van der Waals surface area contributed by atoms with Gasteiger partial charge in [0.15, 0.2) is 0 Å². The third-order valence-corrected chi connectivity index (χ3v) is 2.41. The number of amides is 3. The fraction of sp³-hybridized carbons (Fsp3) is 0.333. The molecule has 0 heterocycles. The Morgan fingerprint density at radius 3 is 2.11 bits per heavy atom. The van der Waals surface area contributed by atoms with Gasteiger partial charge in [-0.3, -0.25) is 4.79 Å². The second kappa shape index (κ2) is 6.61. The van der Waals surface area contributed by atoms with E-state index in [1.807, 2.05) is 6.92 Å². The van der Waals surface area contributed by atoms with Crippen LogP contribution in [-0.4, -0.2) is 25.0 Å². The van der Waals surface area contributed by atoms with Crippen molar-refractivity contribution in [1.82, 2.24) is 5.32 Å². The average molecular weight is 250 g/mol. The lowest BCUT2D eigenvalue weighted by molar-refractivity contribution is -0.117. The molecule has 0 aliphatic carbocycles. The first-order valence-corrected chi connectivity index (χ1v) is 5.72. The summed E-state index contributed by atoms with van der Waals surface area (Å²) in [6, 6.07) is 6.00. The van der Waals surface area contributed by atoms with Crippen molar-refractivity contribution < 1.29 is 9.59 Å². The lowest BCUT2D eigenvalue weighted by Crippen LogP contribution is -2.34. The Hall–Kier alpha value is -2.08. The summed E-state index contributed by atoms with van der Waals surface area (Å²) in [6.07, 6.45) is 0.585. The van der Waals surface area contributed by atoms with Crippen molar-refractivity contribution >= 4 is 23.3 Å². The maximum Gasteiger partial charge on any atom is 0.318 e. The molecular weight excluding hydrogens is 232 g/mol. The van der Waals surface area contributed by atoms with E-state index < -0.39 is 6.04 Å². The zero-order chi connectivity index (χ0) is 13.5. The molecule has 0 radical (unpaired) electrons. The van der Waals surface area contributed by atoms with E-state index in [1.54, 1.807) is 24.3 Å². The van der Waals surface area contributed by atoms with Crippen LogP contribution in [0.25, 0.3) is 0 Å². The van der Waals surface area contributed by atoms with Gasteiger partial charge in [-0.15, -0.1) is 0 Å². The van der Waals surface area contributed by atoms with Crippen molar-refractivity contribution in [2.45, 2.75) is 19.4 Å². The standard InChI is InChI=1S/C12H18N4O2/c1-3-10(13)11(17)15-8-4-6-9(7-5-8)16-12(18)14-2/h4-7,10H,3,13H2,1-2H3,(H,15,17)(H2,14,16,18)/t10-/m1/s1. The highest BCUT2D eigenvalue weighted by Crippen LogP contribution is 2.13. The van der Waals surface area contributed by atoms with Crippen molar-refractivity contribution in [3.8, 4) is 0 Å². The Bertz CT molecular complexity index is 417. The van der Waals surface area contributed by atoms with Gasteiger partial charge in [0.2, 0.25) is 5.91 Å². The minimum atomic E-state index is -0.506. The summed E-state index contributed by atoms with van der Waals surface area (Å²) in [4.78, 5) is 22.6. The van der Waals surface area contributed by atoms with Crippen LogP contribution in [0.1, 0.15) is 13.3 Å². The summed E-state index contributed by atoms with van der Waals surface area (Å²) in [5, 5.41) is 7.76. The molecule has 98 valence electrons. The number of hydrogen-bond acceptors (Lipinski definition) is 3. The minimum absolute atomic E-state index is 0.218. The molecule has 0 aliphatic heterocycles. The molecule has 1 aromatic rings. The second-order valence-corrected chi connectivity index (χ2v) is 3.79. The molecule has 0 aliphatic rings. The molecule has 0 saturated carbocycles. The normalized spacial score (nSPS) is 11.5. The molecule has 18 heavy (non-hydrogen) atoms. The first kappa shape index (κ1) is 14.0. The highest BCUT2D eigenvalue weighted by molar-refractivity contribution is 5.95. The van der Waals surface area contributed by atoms with Gasteiger partial charge >= 0.3 is 6.03 Å². The first-order chi connectivity index (χ1) is 8.56. The predicted molar refractivity (Wildman–Crippen MR) is 71.4 cm³/mol. The summed E-state index contributed by atoms with van der Waals surface area (Å²) in [5.74, 6) is -0.218.